The number of carbonyl (C=O) groups excluding carboxylic acids is 1. The molecule has 0 bridgehead atoms. The Labute approximate surface area is 146 Å². The Bertz CT molecular complexity index is 794. The summed E-state index contributed by atoms with van der Waals surface area (Å²) in [5.41, 5.74) is 2.43. The highest BCUT2D eigenvalue weighted by Crippen LogP contribution is 2.29. The quantitative estimate of drug-likeness (QED) is 0.847. The lowest BCUT2D eigenvalue weighted by Gasteiger charge is -2.36. The zero-order valence-electron chi connectivity index (χ0n) is 14.6. The number of ether oxygens (including phenoxy) is 2. The second-order valence-electron chi connectivity index (χ2n) is 6.30. The van der Waals surface area contributed by atoms with Crippen molar-refractivity contribution in [3.05, 3.63) is 35.5 Å². The van der Waals surface area contributed by atoms with Crippen LogP contribution in [0.4, 0.5) is 5.69 Å². The number of carbonyl (C=O) groups is 1. The van der Waals surface area contributed by atoms with Crippen LogP contribution in [0.25, 0.3) is 0 Å². The fraction of sp³-hybridized carbons (Fsp3) is 0.444. The van der Waals surface area contributed by atoms with Crippen molar-refractivity contribution in [3.63, 3.8) is 0 Å². The van der Waals surface area contributed by atoms with Crippen LogP contribution in [-0.2, 0) is 6.54 Å². The van der Waals surface area contributed by atoms with E-state index in [2.05, 4.69) is 16.1 Å². The number of anilines is 1. The monoisotopic (exact) mass is 342 g/mol. The fourth-order valence-corrected chi connectivity index (χ4v) is 3.49. The molecule has 1 amide bonds. The molecule has 2 aliphatic rings. The molecule has 0 saturated carbocycles. The highest BCUT2D eigenvalue weighted by Gasteiger charge is 2.29. The Kier molecular flexibility index (Phi) is 3.99. The van der Waals surface area contributed by atoms with Crippen molar-refractivity contribution >= 4 is 11.6 Å². The van der Waals surface area contributed by atoms with Gasteiger partial charge in [-0.05, 0) is 19.1 Å². The number of benzene rings is 1. The number of fused-ring (bicyclic) bond motifs is 1. The third-order valence-electron chi connectivity index (χ3n) is 4.87. The van der Waals surface area contributed by atoms with Gasteiger partial charge in [0.05, 0.1) is 19.3 Å². The second kappa shape index (κ2) is 6.31. The van der Waals surface area contributed by atoms with Crippen molar-refractivity contribution in [1.29, 1.82) is 0 Å². The summed E-state index contributed by atoms with van der Waals surface area (Å²) in [5.74, 6) is 1.58. The Morgan fingerprint density at radius 2 is 1.92 bits per heavy atom. The third kappa shape index (κ3) is 2.69. The van der Waals surface area contributed by atoms with E-state index < -0.39 is 0 Å². The lowest BCUT2D eigenvalue weighted by Crippen LogP contribution is -2.49. The molecule has 3 heterocycles. The van der Waals surface area contributed by atoms with Crippen LogP contribution in [0.1, 0.15) is 16.1 Å². The summed E-state index contributed by atoms with van der Waals surface area (Å²) >= 11 is 0. The average Bonchev–Trinajstić information content (AvgIpc) is 3.24. The van der Waals surface area contributed by atoms with E-state index in [1.165, 1.54) is 0 Å². The van der Waals surface area contributed by atoms with Crippen LogP contribution in [0.2, 0.25) is 0 Å². The maximum Gasteiger partial charge on any atom is 0.274 e. The molecule has 0 radical (unpaired) electrons. The highest BCUT2D eigenvalue weighted by molar-refractivity contribution is 5.94. The number of hydrogen-bond acceptors (Lipinski definition) is 5. The summed E-state index contributed by atoms with van der Waals surface area (Å²) in [7, 11) is 1.68. The molecule has 2 aromatic rings. The lowest BCUT2D eigenvalue weighted by molar-refractivity contribution is 0.0738. The van der Waals surface area contributed by atoms with Gasteiger partial charge in [-0.2, -0.15) is 5.10 Å². The van der Waals surface area contributed by atoms with Crippen molar-refractivity contribution in [2.75, 3.05) is 44.8 Å². The van der Waals surface area contributed by atoms with Gasteiger partial charge in [0.1, 0.15) is 12.4 Å². The third-order valence-corrected chi connectivity index (χ3v) is 4.87. The summed E-state index contributed by atoms with van der Waals surface area (Å²) in [5, 5.41) is 4.44. The SMILES string of the molecule is COc1ccccc1N1CCN(C(=O)c2nn3c(c2C)OCC3)CC1. The number of rotatable bonds is 3. The van der Waals surface area contributed by atoms with Gasteiger partial charge >= 0.3 is 0 Å². The van der Waals surface area contributed by atoms with Crippen molar-refractivity contribution in [3.8, 4) is 11.6 Å². The zero-order chi connectivity index (χ0) is 17.4. The second-order valence-corrected chi connectivity index (χ2v) is 6.30. The van der Waals surface area contributed by atoms with Gasteiger partial charge in [0.2, 0.25) is 5.88 Å². The molecule has 0 spiro atoms. The molecule has 1 fully saturated rings. The normalized spacial score (nSPS) is 16.6. The maximum absolute atomic E-state index is 12.8. The van der Waals surface area contributed by atoms with Crippen LogP contribution < -0.4 is 14.4 Å². The van der Waals surface area contributed by atoms with Gasteiger partial charge in [0, 0.05) is 31.7 Å². The highest BCUT2D eigenvalue weighted by atomic mass is 16.5. The van der Waals surface area contributed by atoms with E-state index in [9.17, 15) is 4.79 Å². The smallest absolute Gasteiger partial charge is 0.274 e. The average molecular weight is 342 g/mol. The van der Waals surface area contributed by atoms with Crippen LogP contribution in [0.5, 0.6) is 11.6 Å². The number of methoxy groups -OCH3 is 1. The topological polar surface area (TPSA) is 59.8 Å². The Morgan fingerprint density at radius 3 is 2.64 bits per heavy atom. The first-order valence-electron chi connectivity index (χ1n) is 8.56. The summed E-state index contributed by atoms with van der Waals surface area (Å²) < 4.78 is 12.8. The van der Waals surface area contributed by atoms with Crippen LogP contribution in [0.3, 0.4) is 0 Å². The molecule has 7 nitrogen and oxygen atoms in total. The molecule has 0 unspecified atom stereocenters. The maximum atomic E-state index is 12.8. The molecular formula is C18H22N4O3. The molecule has 7 heteroatoms. The van der Waals surface area contributed by atoms with Gasteiger partial charge in [-0.1, -0.05) is 12.1 Å². The predicted octanol–water partition coefficient (Wildman–Crippen LogP) is 1.55. The van der Waals surface area contributed by atoms with E-state index in [0.717, 1.165) is 36.0 Å². The molecule has 0 atom stereocenters. The van der Waals surface area contributed by atoms with Crippen LogP contribution in [0.15, 0.2) is 24.3 Å². The van der Waals surface area contributed by atoms with Crippen LogP contribution >= 0.6 is 0 Å². The van der Waals surface area contributed by atoms with E-state index in [1.807, 2.05) is 30.0 Å². The van der Waals surface area contributed by atoms with E-state index in [-0.39, 0.29) is 5.91 Å². The molecule has 1 saturated heterocycles. The van der Waals surface area contributed by atoms with Crippen LogP contribution in [0, 0.1) is 6.92 Å². The molecule has 1 aromatic heterocycles. The van der Waals surface area contributed by atoms with Gasteiger partial charge in [-0.15, -0.1) is 0 Å². The first kappa shape index (κ1) is 15.8. The van der Waals surface area contributed by atoms with Crippen LogP contribution in [-0.4, -0.2) is 60.5 Å². The van der Waals surface area contributed by atoms with Crippen molar-refractivity contribution in [2.45, 2.75) is 13.5 Å². The van der Waals surface area contributed by atoms with Gasteiger partial charge in [-0.25, -0.2) is 4.68 Å². The van der Waals surface area contributed by atoms with Crippen molar-refractivity contribution in [1.82, 2.24) is 14.7 Å². The number of hydrogen-bond donors (Lipinski definition) is 0. The van der Waals surface area contributed by atoms with Crippen molar-refractivity contribution in [2.24, 2.45) is 0 Å². The molecule has 1 aromatic carbocycles. The van der Waals surface area contributed by atoms with Gasteiger partial charge in [0.25, 0.3) is 5.91 Å². The number of amides is 1. The molecule has 2 aliphatic heterocycles. The zero-order valence-corrected chi connectivity index (χ0v) is 14.6. The minimum Gasteiger partial charge on any atom is -0.495 e. The van der Waals surface area contributed by atoms with Gasteiger partial charge in [-0.3, -0.25) is 4.79 Å². The van der Waals surface area contributed by atoms with Gasteiger partial charge in [0.15, 0.2) is 5.69 Å². The molecule has 0 N–H and O–H groups in total. The molecule has 0 aliphatic carbocycles. The molecular weight excluding hydrogens is 320 g/mol. The number of para-hydroxylation sites is 2. The minimum atomic E-state index is -0.0114. The van der Waals surface area contributed by atoms with E-state index >= 15 is 0 Å². The molecule has 132 valence electrons. The number of aromatic nitrogens is 2. The Hall–Kier alpha value is -2.70. The Morgan fingerprint density at radius 1 is 1.16 bits per heavy atom. The van der Waals surface area contributed by atoms with E-state index in [0.29, 0.717) is 31.9 Å². The fourth-order valence-electron chi connectivity index (χ4n) is 3.49. The first-order chi connectivity index (χ1) is 12.2. The van der Waals surface area contributed by atoms with Crippen molar-refractivity contribution < 1.29 is 14.3 Å². The summed E-state index contributed by atoms with van der Waals surface area (Å²) in [6.45, 7) is 6.13. The predicted molar refractivity (Wildman–Crippen MR) is 93.6 cm³/mol. The minimum absolute atomic E-state index is 0.0114. The lowest BCUT2D eigenvalue weighted by atomic mass is 10.2. The summed E-state index contributed by atoms with van der Waals surface area (Å²) in [4.78, 5) is 17.0. The van der Waals surface area contributed by atoms with E-state index in [1.54, 1.807) is 11.8 Å². The Balaban J connectivity index is 1.46. The van der Waals surface area contributed by atoms with Gasteiger partial charge < -0.3 is 19.3 Å². The summed E-state index contributed by atoms with van der Waals surface area (Å²) in [6, 6.07) is 7.98. The molecule has 25 heavy (non-hydrogen) atoms. The summed E-state index contributed by atoms with van der Waals surface area (Å²) in [6.07, 6.45) is 0. The standard InChI is InChI=1S/C18H22N4O3/c1-13-16(19-22-11-12-25-18(13)22)17(23)21-9-7-20(8-10-21)14-5-3-4-6-15(14)24-2/h3-6H,7-12H2,1-2H3. The van der Waals surface area contributed by atoms with E-state index in [4.69, 9.17) is 9.47 Å². The molecule has 4 rings (SSSR count). The largest absolute Gasteiger partial charge is 0.495 e. The number of piperazine rings is 1. The first-order valence-corrected chi connectivity index (χ1v) is 8.56. The number of nitrogens with zero attached hydrogens (tertiary/aromatic N) is 4.